The number of allylic oxidation sites excluding steroid dienone is 1. The molecule has 0 unspecified atom stereocenters. The molecule has 8 heteroatoms. The van der Waals surface area contributed by atoms with Gasteiger partial charge in [-0.15, -0.1) is 0 Å². The van der Waals surface area contributed by atoms with Gasteiger partial charge in [0.2, 0.25) is 0 Å². The lowest BCUT2D eigenvalue weighted by Crippen LogP contribution is -2.43. The Bertz CT molecular complexity index is 1930. The molecule has 1 aromatic heterocycles. The number of methoxy groups -OCH3 is 1. The van der Waals surface area contributed by atoms with Crippen molar-refractivity contribution in [2.24, 2.45) is 4.99 Å². The average Bonchev–Trinajstić information content (AvgIpc) is 3.65. The van der Waals surface area contributed by atoms with Gasteiger partial charge in [-0.1, -0.05) is 47.7 Å². The van der Waals surface area contributed by atoms with Gasteiger partial charge < -0.3 is 14.5 Å². The Morgan fingerprint density at radius 2 is 1.81 bits per heavy atom. The number of hydrogen-bond acceptors (Lipinski definition) is 6. The van der Waals surface area contributed by atoms with Gasteiger partial charge in [-0.05, 0) is 86.7 Å². The second-order valence-electron chi connectivity index (χ2n) is 11.2. The van der Waals surface area contributed by atoms with Crippen LogP contribution in [0.4, 0.5) is 5.69 Å². The molecule has 3 heterocycles. The number of nitrogens with zero attached hydrogens (tertiary/aromatic N) is 4. The number of carbonyl (C=O) groups excluding carboxylic acids is 1. The Kier molecular flexibility index (Phi) is 7.97. The maximum absolute atomic E-state index is 14.4. The first-order valence-electron chi connectivity index (χ1n) is 15.1. The van der Waals surface area contributed by atoms with Gasteiger partial charge in [0, 0.05) is 37.4 Å². The number of fused-ring (bicyclic) bond motifs is 2. The summed E-state index contributed by atoms with van der Waals surface area (Å²) in [7, 11) is 1.63. The van der Waals surface area contributed by atoms with Crippen LogP contribution in [0.1, 0.15) is 56.3 Å². The van der Waals surface area contributed by atoms with E-state index in [1.807, 2.05) is 63.2 Å². The average molecular weight is 595 g/mol. The number of rotatable bonds is 7. The molecule has 3 aromatic carbocycles. The summed E-state index contributed by atoms with van der Waals surface area (Å²) >= 11 is 1.36. The number of thiazole rings is 1. The van der Waals surface area contributed by atoms with Crippen LogP contribution in [0.3, 0.4) is 0 Å². The molecule has 6 rings (SSSR count). The quantitative estimate of drug-likeness (QED) is 0.296. The van der Waals surface area contributed by atoms with E-state index in [-0.39, 0.29) is 11.5 Å². The van der Waals surface area contributed by atoms with Crippen LogP contribution in [0.5, 0.6) is 5.75 Å². The second-order valence-corrected chi connectivity index (χ2v) is 12.2. The van der Waals surface area contributed by atoms with E-state index in [0.29, 0.717) is 39.4 Å². The van der Waals surface area contributed by atoms with Crippen molar-refractivity contribution in [3.8, 4) is 5.75 Å². The van der Waals surface area contributed by atoms with Crippen LogP contribution >= 0.6 is 11.3 Å². The van der Waals surface area contributed by atoms with Crippen LogP contribution in [0.15, 0.2) is 75.7 Å². The van der Waals surface area contributed by atoms with Gasteiger partial charge in [0.1, 0.15) is 11.8 Å². The molecule has 0 radical (unpaired) electrons. The molecule has 43 heavy (non-hydrogen) atoms. The summed E-state index contributed by atoms with van der Waals surface area (Å²) in [6, 6.07) is 17.7. The Morgan fingerprint density at radius 1 is 1.07 bits per heavy atom. The number of benzene rings is 3. The number of likely N-dealkylation sites (N-methyl/N-ethyl adjacent to an activating group) is 1. The predicted molar refractivity (Wildman–Crippen MR) is 175 cm³/mol. The number of carbonyl (C=O) groups is 1. The summed E-state index contributed by atoms with van der Waals surface area (Å²) in [4.78, 5) is 38.2. The number of hydrogen-bond donors (Lipinski definition) is 0. The monoisotopic (exact) mass is 594 g/mol. The molecular weight excluding hydrogens is 556 g/mol. The molecule has 0 spiro atoms. The lowest BCUT2D eigenvalue weighted by atomic mass is 9.90. The maximum Gasteiger partial charge on any atom is 0.271 e. The summed E-state index contributed by atoms with van der Waals surface area (Å²) in [5.74, 6) is 0.514. The number of amides is 1. The van der Waals surface area contributed by atoms with Gasteiger partial charge in [-0.25, -0.2) is 4.99 Å². The van der Waals surface area contributed by atoms with Gasteiger partial charge in [-0.3, -0.25) is 14.2 Å². The normalized spacial score (nSPS) is 16.9. The molecule has 2 aliphatic rings. The third-order valence-corrected chi connectivity index (χ3v) is 9.68. The van der Waals surface area contributed by atoms with Gasteiger partial charge in [0.15, 0.2) is 4.80 Å². The lowest BCUT2D eigenvalue weighted by Gasteiger charge is -2.30. The van der Waals surface area contributed by atoms with E-state index < -0.39 is 6.04 Å². The minimum atomic E-state index is -0.688. The van der Waals surface area contributed by atoms with E-state index >= 15 is 0 Å². The van der Waals surface area contributed by atoms with Gasteiger partial charge in [-0.2, -0.15) is 0 Å². The number of aromatic nitrogens is 1. The Morgan fingerprint density at radius 3 is 2.51 bits per heavy atom. The minimum Gasteiger partial charge on any atom is -0.496 e. The first-order chi connectivity index (χ1) is 20.9. The number of aryl methyl sites for hydroxylation is 1. The summed E-state index contributed by atoms with van der Waals surface area (Å²) < 4.78 is 8.19. The second kappa shape index (κ2) is 11.8. The van der Waals surface area contributed by atoms with Crippen LogP contribution in [0.25, 0.3) is 16.8 Å². The third kappa shape index (κ3) is 5.07. The zero-order valence-electron chi connectivity index (χ0n) is 25.5. The van der Waals surface area contributed by atoms with Crippen molar-refractivity contribution in [1.29, 1.82) is 0 Å². The minimum absolute atomic E-state index is 0.117. The molecule has 2 aliphatic heterocycles. The highest BCUT2D eigenvalue weighted by Crippen LogP contribution is 2.40. The van der Waals surface area contributed by atoms with Crippen LogP contribution in [-0.2, 0) is 4.79 Å². The Balaban J connectivity index is 1.58. The highest BCUT2D eigenvalue weighted by molar-refractivity contribution is 7.07. The van der Waals surface area contributed by atoms with E-state index in [1.54, 1.807) is 16.6 Å². The first kappa shape index (κ1) is 28.9. The number of ether oxygens (including phenoxy) is 1. The van der Waals surface area contributed by atoms with Gasteiger partial charge in [0.25, 0.3) is 11.5 Å². The molecule has 1 atom stereocenters. The molecule has 0 aliphatic carbocycles. The topological polar surface area (TPSA) is 67.1 Å². The molecule has 1 fully saturated rings. The summed E-state index contributed by atoms with van der Waals surface area (Å²) in [6.45, 7) is 11.2. The van der Waals surface area contributed by atoms with E-state index in [9.17, 15) is 9.59 Å². The molecule has 7 nitrogen and oxygen atoms in total. The summed E-state index contributed by atoms with van der Waals surface area (Å²) in [6.07, 6.45) is 4.40. The molecule has 1 amide bonds. The third-order valence-electron chi connectivity index (χ3n) is 8.69. The van der Waals surface area contributed by atoms with E-state index in [2.05, 4.69) is 30.0 Å². The van der Waals surface area contributed by atoms with E-state index in [0.717, 1.165) is 35.0 Å². The zero-order chi connectivity index (χ0) is 30.2. The van der Waals surface area contributed by atoms with Crippen molar-refractivity contribution in [3.63, 3.8) is 0 Å². The van der Waals surface area contributed by atoms with Crippen molar-refractivity contribution in [2.75, 3.05) is 38.2 Å². The highest BCUT2D eigenvalue weighted by Gasteiger charge is 2.36. The fourth-order valence-electron chi connectivity index (χ4n) is 6.52. The van der Waals surface area contributed by atoms with Crippen LogP contribution in [0.2, 0.25) is 0 Å². The molecule has 222 valence electrons. The molecule has 0 bridgehead atoms. The smallest absolute Gasteiger partial charge is 0.271 e. The number of anilines is 1. The van der Waals surface area contributed by atoms with Gasteiger partial charge in [0.05, 0.1) is 22.9 Å². The van der Waals surface area contributed by atoms with Gasteiger partial charge >= 0.3 is 0 Å². The molecule has 0 N–H and O–H groups in total. The van der Waals surface area contributed by atoms with Crippen molar-refractivity contribution < 1.29 is 9.53 Å². The fraction of sp³-hybridized carbons (Fsp3) is 0.343. The summed E-state index contributed by atoms with van der Waals surface area (Å²) in [5.41, 5.74) is 5.18. The van der Waals surface area contributed by atoms with E-state index in [4.69, 9.17) is 9.73 Å². The predicted octanol–water partition coefficient (Wildman–Crippen LogP) is 5.17. The lowest BCUT2D eigenvalue weighted by molar-refractivity contribution is -0.127. The molecule has 4 aromatic rings. The summed E-state index contributed by atoms with van der Waals surface area (Å²) in [5, 5.41) is 1.95. The molecular formula is C35H38N4O3S. The fourth-order valence-corrected chi connectivity index (χ4v) is 7.56. The van der Waals surface area contributed by atoms with Crippen LogP contribution in [-0.4, -0.2) is 48.7 Å². The SMILES string of the molecule is CCN(CC)C(=O)C1=C(C)N=c2s/c(=C\c3ccc(N4CCCC4)c(C)c3)c(=O)n2[C@H]1c1c(OC)ccc2ccccc12. The standard InChI is InChI=1S/C35H38N4O3S/c1-6-37(7-2)34(41)30-23(4)36-35-39(32(30)31-26-13-9-8-12-25(26)15-17-28(31)42-5)33(40)29(43-35)21-24-14-16-27(22(3)20-24)38-18-10-11-19-38/h8-9,12-17,20-21,32H,6-7,10-11,18-19H2,1-5H3/b29-21-/t32-/m1/s1. The van der Waals surface area contributed by atoms with Crippen molar-refractivity contribution in [1.82, 2.24) is 9.47 Å². The van der Waals surface area contributed by atoms with Crippen LogP contribution < -0.4 is 24.5 Å². The Hall–Kier alpha value is -4.17. The Labute approximate surface area is 256 Å². The van der Waals surface area contributed by atoms with Crippen molar-refractivity contribution in [2.45, 2.75) is 46.6 Å². The molecule has 0 saturated carbocycles. The highest BCUT2D eigenvalue weighted by atomic mass is 32.1. The van der Waals surface area contributed by atoms with Crippen LogP contribution in [0, 0.1) is 6.92 Å². The van der Waals surface area contributed by atoms with Crippen molar-refractivity contribution in [3.05, 3.63) is 102 Å². The van der Waals surface area contributed by atoms with E-state index in [1.165, 1.54) is 35.4 Å². The van der Waals surface area contributed by atoms with Crippen molar-refractivity contribution >= 4 is 39.8 Å². The zero-order valence-corrected chi connectivity index (χ0v) is 26.3. The first-order valence-corrected chi connectivity index (χ1v) is 15.9. The largest absolute Gasteiger partial charge is 0.496 e. The maximum atomic E-state index is 14.4. The molecule has 1 saturated heterocycles.